The van der Waals surface area contributed by atoms with Gasteiger partial charge < -0.3 is 5.32 Å². The van der Waals surface area contributed by atoms with Crippen LogP contribution in [0.1, 0.15) is 59.8 Å². The first-order valence-electron chi connectivity index (χ1n) is 8.00. The van der Waals surface area contributed by atoms with E-state index in [1.54, 1.807) is 0 Å². The average Bonchev–Trinajstić information content (AvgIpc) is 2.26. The van der Waals surface area contributed by atoms with E-state index in [0.29, 0.717) is 5.41 Å². The standard InChI is InChI=1S/C16H32N2/c1-5-15-10-17-14(9-13(2)3)11-18(15)12-16(4)7-6-8-16/h13-15,17H,5-12H2,1-4H3. The van der Waals surface area contributed by atoms with Gasteiger partial charge in [-0.05, 0) is 37.0 Å². The van der Waals surface area contributed by atoms with E-state index in [1.807, 2.05) is 0 Å². The monoisotopic (exact) mass is 252 g/mol. The lowest BCUT2D eigenvalue weighted by atomic mass is 9.70. The number of nitrogens with one attached hydrogen (secondary N) is 1. The lowest BCUT2D eigenvalue weighted by Gasteiger charge is -2.48. The van der Waals surface area contributed by atoms with E-state index in [9.17, 15) is 0 Å². The predicted molar refractivity (Wildman–Crippen MR) is 78.9 cm³/mol. The van der Waals surface area contributed by atoms with Crippen LogP contribution in [0.3, 0.4) is 0 Å². The Morgan fingerprint density at radius 1 is 1.33 bits per heavy atom. The molecule has 106 valence electrons. The minimum Gasteiger partial charge on any atom is -0.311 e. The SMILES string of the molecule is CCC1CNC(CC(C)C)CN1CC1(C)CCC1. The smallest absolute Gasteiger partial charge is 0.0219 e. The highest BCUT2D eigenvalue weighted by Crippen LogP contribution is 2.41. The number of hydrogen-bond acceptors (Lipinski definition) is 2. The molecule has 0 bridgehead atoms. The summed E-state index contributed by atoms with van der Waals surface area (Å²) in [5, 5.41) is 3.76. The van der Waals surface area contributed by atoms with Crippen molar-refractivity contribution >= 4 is 0 Å². The molecule has 1 aliphatic carbocycles. The molecule has 1 saturated heterocycles. The minimum absolute atomic E-state index is 0.632. The van der Waals surface area contributed by atoms with Crippen LogP contribution in [-0.4, -0.2) is 36.6 Å². The molecule has 2 unspecified atom stereocenters. The first-order valence-corrected chi connectivity index (χ1v) is 8.00. The van der Waals surface area contributed by atoms with Crippen LogP contribution in [0.2, 0.25) is 0 Å². The molecule has 0 aromatic rings. The Labute approximate surface area is 114 Å². The highest BCUT2D eigenvalue weighted by atomic mass is 15.2. The van der Waals surface area contributed by atoms with Crippen LogP contribution in [0.5, 0.6) is 0 Å². The molecule has 1 saturated carbocycles. The summed E-state index contributed by atoms with van der Waals surface area (Å²) in [6.45, 7) is 13.3. The Kier molecular flexibility index (Phi) is 4.71. The van der Waals surface area contributed by atoms with Crippen molar-refractivity contribution in [1.29, 1.82) is 0 Å². The summed E-state index contributed by atoms with van der Waals surface area (Å²) in [7, 11) is 0. The van der Waals surface area contributed by atoms with Gasteiger partial charge in [0.25, 0.3) is 0 Å². The first-order chi connectivity index (χ1) is 8.52. The average molecular weight is 252 g/mol. The van der Waals surface area contributed by atoms with Crippen LogP contribution in [0.15, 0.2) is 0 Å². The van der Waals surface area contributed by atoms with E-state index in [0.717, 1.165) is 18.0 Å². The third-order valence-electron chi connectivity index (χ3n) is 4.99. The summed E-state index contributed by atoms with van der Waals surface area (Å²) in [6.07, 6.45) is 6.96. The second kappa shape index (κ2) is 5.92. The van der Waals surface area contributed by atoms with Crippen LogP contribution in [-0.2, 0) is 0 Å². The molecule has 2 fully saturated rings. The summed E-state index contributed by atoms with van der Waals surface area (Å²) < 4.78 is 0. The van der Waals surface area contributed by atoms with Crippen LogP contribution < -0.4 is 5.32 Å². The molecular weight excluding hydrogens is 220 g/mol. The van der Waals surface area contributed by atoms with E-state index in [-0.39, 0.29) is 0 Å². The van der Waals surface area contributed by atoms with Gasteiger partial charge in [-0.3, -0.25) is 4.90 Å². The Balaban J connectivity index is 1.90. The van der Waals surface area contributed by atoms with Gasteiger partial charge in [0.05, 0.1) is 0 Å². The molecule has 0 radical (unpaired) electrons. The van der Waals surface area contributed by atoms with Crippen molar-refractivity contribution in [1.82, 2.24) is 10.2 Å². The molecule has 2 atom stereocenters. The Morgan fingerprint density at radius 3 is 2.56 bits per heavy atom. The number of hydrogen-bond donors (Lipinski definition) is 1. The lowest BCUT2D eigenvalue weighted by Crippen LogP contribution is -2.59. The summed E-state index contributed by atoms with van der Waals surface area (Å²) in [4.78, 5) is 2.79. The van der Waals surface area contributed by atoms with E-state index < -0.39 is 0 Å². The van der Waals surface area contributed by atoms with Crippen molar-refractivity contribution in [2.45, 2.75) is 71.9 Å². The van der Waals surface area contributed by atoms with Gasteiger partial charge in [0.15, 0.2) is 0 Å². The molecule has 1 N–H and O–H groups in total. The topological polar surface area (TPSA) is 15.3 Å². The van der Waals surface area contributed by atoms with Crippen molar-refractivity contribution in [3.8, 4) is 0 Å². The first kappa shape index (κ1) is 14.3. The van der Waals surface area contributed by atoms with Gasteiger partial charge in [0.2, 0.25) is 0 Å². The van der Waals surface area contributed by atoms with Crippen molar-refractivity contribution in [3.63, 3.8) is 0 Å². The maximum atomic E-state index is 3.76. The normalized spacial score (nSPS) is 32.5. The molecule has 0 amide bonds. The van der Waals surface area contributed by atoms with Gasteiger partial charge >= 0.3 is 0 Å². The molecule has 0 aromatic heterocycles. The molecule has 18 heavy (non-hydrogen) atoms. The van der Waals surface area contributed by atoms with Gasteiger partial charge in [-0.2, -0.15) is 0 Å². The van der Waals surface area contributed by atoms with Crippen molar-refractivity contribution in [2.75, 3.05) is 19.6 Å². The quantitative estimate of drug-likeness (QED) is 0.808. The van der Waals surface area contributed by atoms with Gasteiger partial charge in [-0.15, -0.1) is 0 Å². The molecule has 2 heteroatoms. The zero-order chi connectivity index (χ0) is 13.2. The molecule has 0 aromatic carbocycles. The lowest BCUT2D eigenvalue weighted by molar-refractivity contribution is 0.0321. The molecule has 0 spiro atoms. The van der Waals surface area contributed by atoms with Gasteiger partial charge in [-0.25, -0.2) is 0 Å². The second-order valence-corrected chi connectivity index (χ2v) is 7.39. The number of nitrogens with zero attached hydrogens (tertiary/aromatic N) is 1. The van der Waals surface area contributed by atoms with Crippen molar-refractivity contribution < 1.29 is 0 Å². The zero-order valence-corrected chi connectivity index (χ0v) is 12.8. The zero-order valence-electron chi connectivity index (χ0n) is 12.8. The third-order valence-corrected chi connectivity index (χ3v) is 4.99. The Morgan fingerprint density at radius 2 is 2.06 bits per heavy atom. The number of rotatable bonds is 5. The fraction of sp³-hybridized carbons (Fsp3) is 1.00. The molecule has 2 rings (SSSR count). The second-order valence-electron chi connectivity index (χ2n) is 7.39. The summed E-state index contributed by atoms with van der Waals surface area (Å²) in [5.41, 5.74) is 0.632. The molecule has 2 aliphatic rings. The predicted octanol–water partition coefficient (Wildman–Crippen LogP) is 3.28. The Bertz CT molecular complexity index is 258. The van der Waals surface area contributed by atoms with E-state index in [4.69, 9.17) is 0 Å². The maximum absolute atomic E-state index is 3.76. The van der Waals surface area contributed by atoms with Crippen LogP contribution in [0.25, 0.3) is 0 Å². The van der Waals surface area contributed by atoms with Crippen LogP contribution in [0.4, 0.5) is 0 Å². The van der Waals surface area contributed by atoms with E-state index >= 15 is 0 Å². The number of piperazine rings is 1. The van der Waals surface area contributed by atoms with E-state index in [1.165, 1.54) is 51.7 Å². The fourth-order valence-electron chi connectivity index (χ4n) is 3.68. The summed E-state index contributed by atoms with van der Waals surface area (Å²) >= 11 is 0. The van der Waals surface area contributed by atoms with Gasteiger partial charge in [-0.1, -0.05) is 34.1 Å². The van der Waals surface area contributed by atoms with Crippen molar-refractivity contribution in [2.24, 2.45) is 11.3 Å². The van der Waals surface area contributed by atoms with Crippen LogP contribution in [0, 0.1) is 11.3 Å². The van der Waals surface area contributed by atoms with Gasteiger partial charge in [0.1, 0.15) is 0 Å². The van der Waals surface area contributed by atoms with Crippen molar-refractivity contribution in [3.05, 3.63) is 0 Å². The molecule has 2 nitrogen and oxygen atoms in total. The maximum Gasteiger partial charge on any atom is 0.0219 e. The summed E-state index contributed by atoms with van der Waals surface area (Å²) in [5.74, 6) is 0.807. The fourth-order valence-corrected chi connectivity index (χ4v) is 3.68. The largest absolute Gasteiger partial charge is 0.311 e. The minimum atomic E-state index is 0.632. The molecular formula is C16H32N2. The van der Waals surface area contributed by atoms with Gasteiger partial charge in [0, 0.05) is 31.7 Å². The third kappa shape index (κ3) is 3.48. The highest BCUT2D eigenvalue weighted by Gasteiger charge is 2.37. The highest BCUT2D eigenvalue weighted by molar-refractivity contribution is 4.92. The summed E-state index contributed by atoms with van der Waals surface area (Å²) in [6, 6.07) is 1.49. The van der Waals surface area contributed by atoms with Crippen LogP contribution >= 0.6 is 0 Å². The molecule has 1 heterocycles. The molecule has 1 aliphatic heterocycles. The Hall–Kier alpha value is -0.0800. The van der Waals surface area contributed by atoms with E-state index in [2.05, 4.69) is 37.9 Å².